The molecule has 0 aromatic heterocycles. The number of nitriles is 1. The minimum Gasteiger partial charge on any atom is -0.479 e. The lowest BCUT2D eigenvalue weighted by molar-refractivity contribution is -0.145. The van der Waals surface area contributed by atoms with Crippen molar-refractivity contribution >= 4 is 29.7 Å². The number of amides is 1. The second kappa shape index (κ2) is 6.46. The van der Waals surface area contributed by atoms with Crippen LogP contribution in [-0.4, -0.2) is 34.0 Å². The van der Waals surface area contributed by atoms with E-state index in [-0.39, 0.29) is 0 Å². The number of rotatable bonds is 4. The first-order chi connectivity index (χ1) is 10.1. The summed E-state index contributed by atoms with van der Waals surface area (Å²) in [6.45, 7) is 0. The minimum atomic E-state index is -1.16. The van der Waals surface area contributed by atoms with Gasteiger partial charge in [-0.05, 0) is 35.9 Å². The van der Waals surface area contributed by atoms with E-state index in [1.165, 1.54) is 17.8 Å². The molecule has 1 aliphatic heterocycles. The normalized spacial score (nSPS) is 21.1. The highest BCUT2D eigenvalue weighted by molar-refractivity contribution is 7.99. The van der Waals surface area contributed by atoms with Crippen LogP contribution in [0.4, 0.5) is 0 Å². The Bertz CT molecular complexity index is 611. The highest BCUT2D eigenvalue weighted by atomic mass is 32.2. The molecule has 6 heteroatoms. The maximum Gasteiger partial charge on any atom is 0.330 e. The van der Waals surface area contributed by atoms with E-state index < -0.39 is 17.4 Å². The van der Waals surface area contributed by atoms with Gasteiger partial charge in [0.05, 0.1) is 11.6 Å². The maximum absolute atomic E-state index is 11.9. The molecule has 108 valence electrons. The van der Waals surface area contributed by atoms with E-state index in [1.807, 2.05) is 6.07 Å². The third-order valence-electron chi connectivity index (χ3n) is 3.26. The Balaban J connectivity index is 2.02. The van der Waals surface area contributed by atoms with Gasteiger partial charge in [0.15, 0.2) is 0 Å². The molecule has 2 rings (SSSR count). The van der Waals surface area contributed by atoms with Crippen molar-refractivity contribution in [2.24, 2.45) is 0 Å². The van der Waals surface area contributed by atoms with Gasteiger partial charge in [0.25, 0.3) is 0 Å². The third kappa shape index (κ3) is 3.64. The average molecular weight is 302 g/mol. The van der Waals surface area contributed by atoms with Gasteiger partial charge in [0.1, 0.15) is 5.54 Å². The van der Waals surface area contributed by atoms with Gasteiger partial charge >= 0.3 is 5.97 Å². The Morgan fingerprint density at radius 2 is 2.10 bits per heavy atom. The van der Waals surface area contributed by atoms with Crippen molar-refractivity contribution in [3.8, 4) is 6.07 Å². The molecule has 0 bridgehead atoms. The Hall–Kier alpha value is -2.26. The van der Waals surface area contributed by atoms with Crippen LogP contribution in [0.1, 0.15) is 17.5 Å². The summed E-state index contributed by atoms with van der Waals surface area (Å²) in [6, 6.07) is 8.77. The number of carbonyl (C=O) groups excluding carboxylic acids is 1. The first-order valence-electron chi connectivity index (χ1n) is 6.37. The van der Waals surface area contributed by atoms with E-state index in [1.54, 1.807) is 30.3 Å². The zero-order chi connectivity index (χ0) is 15.3. The van der Waals surface area contributed by atoms with Crippen LogP contribution in [0.2, 0.25) is 0 Å². The summed E-state index contributed by atoms with van der Waals surface area (Å²) in [5, 5.41) is 20.6. The second-order valence-electron chi connectivity index (χ2n) is 4.75. The van der Waals surface area contributed by atoms with Crippen LogP contribution in [-0.2, 0) is 9.59 Å². The number of hydrogen-bond acceptors (Lipinski definition) is 4. The highest BCUT2D eigenvalue weighted by Crippen LogP contribution is 2.28. The number of aliphatic carboxylic acids is 1. The number of carboxylic acids is 1. The summed E-state index contributed by atoms with van der Waals surface area (Å²) < 4.78 is 0. The molecule has 21 heavy (non-hydrogen) atoms. The lowest BCUT2D eigenvalue weighted by atomic mass is 9.99. The van der Waals surface area contributed by atoms with E-state index in [9.17, 15) is 14.7 Å². The van der Waals surface area contributed by atoms with Crippen LogP contribution in [0.15, 0.2) is 30.3 Å². The number of carbonyl (C=O) groups is 2. The van der Waals surface area contributed by atoms with Gasteiger partial charge < -0.3 is 10.4 Å². The van der Waals surface area contributed by atoms with Crippen molar-refractivity contribution < 1.29 is 14.7 Å². The SMILES string of the molecule is N#Cc1ccc(C=CC(=O)NC2(C(=O)O)CCSC2)cc1. The van der Waals surface area contributed by atoms with Crippen LogP contribution >= 0.6 is 11.8 Å². The summed E-state index contributed by atoms with van der Waals surface area (Å²) in [5.41, 5.74) is 0.162. The van der Waals surface area contributed by atoms with E-state index >= 15 is 0 Å². The van der Waals surface area contributed by atoms with Gasteiger partial charge in [0.2, 0.25) is 5.91 Å². The Morgan fingerprint density at radius 3 is 2.62 bits per heavy atom. The topological polar surface area (TPSA) is 90.2 Å². The van der Waals surface area contributed by atoms with E-state index in [4.69, 9.17) is 5.26 Å². The number of hydrogen-bond donors (Lipinski definition) is 2. The molecule has 2 N–H and O–H groups in total. The van der Waals surface area contributed by atoms with Crippen LogP contribution in [0, 0.1) is 11.3 Å². The average Bonchev–Trinajstić information content (AvgIpc) is 2.95. The van der Waals surface area contributed by atoms with E-state index in [0.717, 1.165) is 11.3 Å². The fraction of sp³-hybridized carbons (Fsp3) is 0.267. The fourth-order valence-electron chi connectivity index (χ4n) is 2.00. The minimum absolute atomic E-state index is 0.388. The lowest BCUT2D eigenvalue weighted by Crippen LogP contribution is -2.54. The molecular formula is C15H14N2O3S. The maximum atomic E-state index is 11.9. The standard InChI is InChI=1S/C15H14N2O3S/c16-9-12-3-1-11(2-4-12)5-6-13(18)17-15(14(19)20)7-8-21-10-15/h1-6H,7-8,10H2,(H,17,18)(H,19,20). The molecule has 1 amide bonds. The molecular weight excluding hydrogens is 288 g/mol. The molecule has 1 fully saturated rings. The second-order valence-corrected chi connectivity index (χ2v) is 5.85. The zero-order valence-corrected chi connectivity index (χ0v) is 12.0. The highest BCUT2D eigenvalue weighted by Gasteiger charge is 2.42. The lowest BCUT2D eigenvalue weighted by Gasteiger charge is -2.23. The van der Waals surface area contributed by atoms with Gasteiger partial charge in [-0.3, -0.25) is 4.79 Å². The smallest absolute Gasteiger partial charge is 0.330 e. The van der Waals surface area contributed by atoms with Crippen LogP contribution in [0.5, 0.6) is 0 Å². The number of benzene rings is 1. The Kier molecular flexibility index (Phi) is 4.66. The fourth-order valence-corrected chi connectivity index (χ4v) is 3.33. The number of nitrogens with zero attached hydrogens (tertiary/aromatic N) is 1. The van der Waals surface area contributed by atoms with Crippen molar-refractivity contribution in [1.82, 2.24) is 5.32 Å². The van der Waals surface area contributed by atoms with Crippen LogP contribution in [0.25, 0.3) is 6.08 Å². The van der Waals surface area contributed by atoms with Gasteiger partial charge in [0, 0.05) is 11.8 Å². The molecule has 0 radical (unpaired) electrons. The largest absolute Gasteiger partial charge is 0.479 e. The molecule has 1 atom stereocenters. The molecule has 1 aliphatic rings. The predicted octanol–water partition coefficient (Wildman–Crippen LogP) is 1.65. The Morgan fingerprint density at radius 1 is 1.38 bits per heavy atom. The van der Waals surface area contributed by atoms with Gasteiger partial charge in [-0.1, -0.05) is 12.1 Å². The van der Waals surface area contributed by atoms with Gasteiger partial charge in [-0.25, -0.2) is 4.79 Å². The van der Waals surface area contributed by atoms with Crippen LogP contribution < -0.4 is 5.32 Å². The molecule has 0 spiro atoms. The Labute approximate surface area is 126 Å². The molecule has 5 nitrogen and oxygen atoms in total. The monoisotopic (exact) mass is 302 g/mol. The summed E-state index contributed by atoms with van der Waals surface area (Å²) >= 11 is 1.52. The molecule has 0 saturated carbocycles. The number of thioether (sulfide) groups is 1. The quantitative estimate of drug-likeness (QED) is 0.825. The van der Waals surface area contributed by atoms with E-state index in [0.29, 0.717) is 17.7 Å². The molecule has 1 unspecified atom stereocenters. The van der Waals surface area contributed by atoms with Crippen LogP contribution in [0.3, 0.4) is 0 Å². The first kappa shape index (κ1) is 15.1. The summed E-state index contributed by atoms with van der Waals surface area (Å²) in [6.07, 6.45) is 3.34. The van der Waals surface area contributed by atoms with Crippen molar-refractivity contribution in [2.75, 3.05) is 11.5 Å². The van der Waals surface area contributed by atoms with Gasteiger partial charge in [-0.2, -0.15) is 17.0 Å². The summed E-state index contributed by atoms with van der Waals surface area (Å²) in [5.74, 6) is -0.304. The summed E-state index contributed by atoms with van der Waals surface area (Å²) in [4.78, 5) is 23.2. The van der Waals surface area contributed by atoms with Crippen molar-refractivity contribution in [3.63, 3.8) is 0 Å². The number of nitrogens with one attached hydrogen (secondary N) is 1. The van der Waals surface area contributed by atoms with Crippen molar-refractivity contribution in [2.45, 2.75) is 12.0 Å². The molecule has 1 saturated heterocycles. The third-order valence-corrected chi connectivity index (χ3v) is 4.45. The first-order valence-corrected chi connectivity index (χ1v) is 7.53. The molecule has 1 aromatic rings. The molecule has 1 aromatic carbocycles. The van der Waals surface area contributed by atoms with Gasteiger partial charge in [-0.15, -0.1) is 0 Å². The van der Waals surface area contributed by atoms with Crippen molar-refractivity contribution in [3.05, 3.63) is 41.5 Å². The van der Waals surface area contributed by atoms with Crippen molar-refractivity contribution in [1.29, 1.82) is 5.26 Å². The molecule has 1 heterocycles. The number of carboxylic acid groups (broad SMARTS) is 1. The van der Waals surface area contributed by atoms with E-state index in [2.05, 4.69) is 5.32 Å². The predicted molar refractivity (Wildman–Crippen MR) is 80.6 cm³/mol. The molecule has 0 aliphatic carbocycles. The summed E-state index contributed by atoms with van der Waals surface area (Å²) in [7, 11) is 0. The zero-order valence-electron chi connectivity index (χ0n) is 11.2.